The summed E-state index contributed by atoms with van der Waals surface area (Å²) in [7, 11) is 0. The van der Waals surface area contributed by atoms with E-state index in [4.69, 9.17) is 10.8 Å². The lowest BCUT2D eigenvalue weighted by Crippen LogP contribution is -2.07. The highest BCUT2D eigenvalue weighted by atomic mass is 35.5. The van der Waals surface area contributed by atoms with Crippen molar-refractivity contribution in [2.24, 2.45) is 17.6 Å². The van der Waals surface area contributed by atoms with Gasteiger partial charge in [0.25, 0.3) is 5.92 Å². The number of halogens is 3. The molecule has 0 aromatic rings. The molecule has 0 aliphatic heterocycles. The van der Waals surface area contributed by atoms with Crippen molar-refractivity contribution >= 4 is 18.4 Å². The Bertz CT molecular complexity index is 176. The molecule has 6 heteroatoms. The van der Waals surface area contributed by atoms with Crippen molar-refractivity contribution in [1.82, 2.24) is 0 Å². The summed E-state index contributed by atoms with van der Waals surface area (Å²) in [5.41, 5.74) is 4.89. The Hall–Kier alpha value is -0.420. The fourth-order valence-corrected chi connectivity index (χ4v) is 1.02. The predicted molar refractivity (Wildman–Crippen MR) is 35.9 cm³/mol. The summed E-state index contributed by atoms with van der Waals surface area (Å²) in [5, 5.41) is 8.15. The van der Waals surface area contributed by atoms with Crippen molar-refractivity contribution in [3.05, 3.63) is 0 Å². The first-order valence-electron chi connectivity index (χ1n) is 2.82. The quantitative estimate of drug-likeness (QED) is 0.655. The summed E-state index contributed by atoms with van der Waals surface area (Å²) < 4.78 is 24.5. The number of carboxylic acid groups (broad SMARTS) is 1. The molecule has 0 saturated heterocycles. The van der Waals surface area contributed by atoms with Crippen molar-refractivity contribution in [2.45, 2.75) is 5.92 Å². The van der Waals surface area contributed by atoms with Gasteiger partial charge in [0.15, 0.2) is 0 Å². The predicted octanol–water partition coefficient (Wildman–Crippen LogP) is 0.333. The van der Waals surface area contributed by atoms with Crippen LogP contribution in [0.3, 0.4) is 0 Å². The smallest absolute Gasteiger partial charge is 0.313 e. The van der Waals surface area contributed by atoms with Gasteiger partial charge in [-0.05, 0) is 0 Å². The Morgan fingerprint density at radius 2 is 2.09 bits per heavy atom. The van der Waals surface area contributed by atoms with Crippen LogP contribution in [0.1, 0.15) is 0 Å². The SMILES string of the molecule is Cl.NCC1C(C(=O)O)C1(F)F. The molecule has 66 valence electrons. The number of nitrogens with two attached hydrogens (primary N) is 1. The molecule has 0 aromatic heterocycles. The van der Waals surface area contributed by atoms with Crippen molar-refractivity contribution < 1.29 is 18.7 Å². The van der Waals surface area contributed by atoms with E-state index < -0.39 is 23.7 Å². The van der Waals surface area contributed by atoms with Crippen LogP contribution in [0.4, 0.5) is 8.78 Å². The Morgan fingerprint density at radius 1 is 1.64 bits per heavy atom. The van der Waals surface area contributed by atoms with Gasteiger partial charge >= 0.3 is 5.97 Å². The molecule has 1 saturated carbocycles. The fraction of sp³-hybridized carbons (Fsp3) is 0.800. The first kappa shape index (κ1) is 10.6. The molecule has 2 unspecified atom stereocenters. The van der Waals surface area contributed by atoms with Crippen molar-refractivity contribution in [3.63, 3.8) is 0 Å². The van der Waals surface area contributed by atoms with E-state index in [0.29, 0.717) is 0 Å². The molecule has 3 nitrogen and oxygen atoms in total. The molecular formula is C5H8ClF2NO2. The fourth-order valence-electron chi connectivity index (χ4n) is 1.02. The second kappa shape index (κ2) is 2.91. The van der Waals surface area contributed by atoms with E-state index in [9.17, 15) is 13.6 Å². The molecule has 1 rings (SSSR count). The number of alkyl halides is 2. The van der Waals surface area contributed by atoms with Crippen LogP contribution in [0.2, 0.25) is 0 Å². The number of carboxylic acids is 1. The van der Waals surface area contributed by atoms with Gasteiger partial charge in [0, 0.05) is 6.54 Å². The van der Waals surface area contributed by atoms with Crippen LogP contribution < -0.4 is 5.73 Å². The van der Waals surface area contributed by atoms with Gasteiger partial charge in [0.05, 0.1) is 5.92 Å². The Kier molecular flexibility index (Phi) is 2.79. The Balaban J connectivity index is 0.000001000. The summed E-state index contributed by atoms with van der Waals surface area (Å²) in [6.07, 6.45) is 0. The molecule has 0 aromatic carbocycles. The van der Waals surface area contributed by atoms with Gasteiger partial charge in [-0.3, -0.25) is 4.79 Å². The highest BCUT2D eigenvalue weighted by Crippen LogP contribution is 2.54. The molecule has 1 fully saturated rings. The Morgan fingerprint density at radius 3 is 2.18 bits per heavy atom. The summed E-state index contributed by atoms with van der Waals surface area (Å²) in [4.78, 5) is 10.0. The number of carbonyl (C=O) groups is 1. The molecule has 0 amide bonds. The zero-order valence-corrected chi connectivity index (χ0v) is 6.28. The lowest BCUT2D eigenvalue weighted by Gasteiger charge is -1.87. The van der Waals surface area contributed by atoms with E-state index in [0.717, 1.165) is 0 Å². The summed E-state index contributed by atoms with van der Waals surface area (Å²) in [6.45, 7) is -0.260. The van der Waals surface area contributed by atoms with E-state index >= 15 is 0 Å². The number of aliphatic carboxylic acids is 1. The third-order valence-corrected chi connectivity index (χ3v) is 1.72. The molecule has 1 aliphatic rings. The molecule has 0 radical (unpaired) electrons. The summed E-state index contributed by atoms with van der Waals surface area (Å²) >= 11 is 0. The second-order valence-electron chi connectivity index (χ2n) is 2.33. The van der Waals surface area contributed by atoms with Gasteiger partial charge in [-0.15, -0.1) is 12.4 Å². The van der Waals surface area contributed by atoms with Gasteiger partial charge in [-0.1, -0.05) is 0 Å². The molecule has 0 heterocycles. The maximum absolute atomic E-state index is 12.3. The highest BCUT2D eigenvalue weighted by molar-refractivity contribution is 5.85. The molecule has 1 aliphatic carbocycles. The third kappa shape index (κ3) is 1.44. The van der Waals surface area contributed by atoms with E-state index in [2.05, 4.69) is 0 Å². The van der Waals surface area contributed by atoms with E-state index in [1.807, 2.05) is 0 Å². The first-order chi connectivity index (χ1) is 4.51. The molecule has 0 bridgehead atoms. The number of rotatable bonds is 2. The largest absolute Gasteiger partial charge is 0.481 e. The van der Waals surface area contributed by atoms with E-state index in [1.54, 1.807) is 0 Å². The number of hydrogen-bond acceptors (Lipinski definition) is 2. The average Bonchev–Trinajstić information content (AvgIpc) is 2.33. The first-order valence-corrected chi connectivity index (χ1v) is 2.82. The molecule has 0 spiro atoms. The second-order valence-corrected chi connectivity index (χ2v) is 2.33. The minimum absolute atomic E-state index is 0. The lowest BCUT2D eigenvalue weighted by molar-refractivity contribution is -0.140. The van der Waals surface area contributed by atoms with Gasteiger partial charge in [0.1, 0.15) is 5.92 Å². The van der Waals surface area contributed by atoms with Gasteiger partial charge < -0.3 is 10.8 Å². The van der Waals surface area contributed by atoms with Crippen molar-refractivity contribution in [1.29, 1.82) is 0 Å². The van der Waals surface area contributed by atoms with Crippen molar-refractivity contribution in [3.8, 4) is 0 Å². The average molecular weight is 188 g/mol. The lowest BCUT2D eigenvalue weighted by atomic mass is 10.3. The minimum Gasteiger partial charge on any atom is -0.481 e. The standard InChI is InChI=1S/C5H7F2NO2.ClH/c6-5(7)2(1-8)3(5)4(9)10;/h2-3H,1,8H2,(H,9,10);1H. The topological polar surface area (TPSA) is 63.3 Å². The maximum Gasteiger partial charge on any atom is 0.313 e. The third-order valence-electron chi connectivity index (χ3n) is 1.72. The van der Waals surface area contributed by atoms with E-state index in [1.165, 1.54) is 0 Å². The normalized spacial score (nSPS) is 32.3. The van der Waals surface area contributed by atoms with Crippen LogP contribution in [0.5, 0.6) is 0 Å². The van der Waals surface area contributed by atoms with Crippen molar-refractivity contribution in [2.75, 3.05) is 6.54 Å². The monoisotopic (exact) mass is 187 g/mol. The van der Waals surface area contributed by atoms with Crippen LogP contribution in [0.25, 0.3) is 0 Å². The Labute approximate surface area is 68.0 Å². The molecule has 3 N–H and O–H groups in total. The van der Waals surface area contributed by atoms with Crippen LogP contribution in [-0.4, -0.2) is 23.5 Å². The maximum atomic E-state index is 12.3. The zero-order chi connectivity index (χ0) is 7.94. The summed E-state index contributed by atoms with van der Waals surface area (Å²) in [6, 6.07) is 0. The molecular weight excluding hydrogens is 180 g/mol. The van der Waals surface area contributed by atoms with Gasteiger partial charge in [-0.25, -0.2) is 8.78 Å². The molecule has 2 atom stereocenters. The van der Waals surface area contributed by atoms with E-state index in [-0.39, 0.29) is 19.0 Å². The van der Waals surface area contributed by atoms with Crippen LogP contribution in [0.15, 0.2) is 0 Å². The van der Waals surface area contributed by atoms with Gasteiger partial charge in [0.2, 0.25) is 0 Å². The zero-order valence-electron chi connectivity index (χ0n) is 5.46. The van der Waals surface area contributed by atoms with Gasteiger partial charge in [-0.2, -0.15) is 0 Å². The highest BCUT2D eigenvalue weighted by Gasteiger charge is 2.71. The summed E-state index contributed by atoms with van der Waals surface area (Å²) in [5.74, 6) is -7.22. The van der Waals surface area contributed by atoms with Crippen LogP contribution >= 0.6 is 12.4 Å². The molecule has 11 heavy (non-hydrogen) atoms. The van der Waals surface area contributed by atoms with Crippen LogP contribution in [-0.2, 0) is 4.79 Å². The minimum atomic E-state index is -3.07. The van der Waals surface area contributed by atoms with Crippen LogP contribution in [0, 0.1) is 11.8 Å². The number of hydrogen-bond donors (Lipinski definition) is 2.